The quantitative estimate of drug-likeness (QED) is 0.860. The van der Waals surface area contributed by atoms with Gasteiger partial charge in [0.1, 0.15) is 0 Å². The van der Waals surface area contributed by atoms with Crippen molar-refractivity contribution in [3.8, 4) is 0 Å². The Hall–Kier alpha value is -0.830. The van der Waals surface area contributed by atoms with Crippen molar-refractivity contribution in [2.45, 2.75) is 26.2 Å². The molecule has 82 valence electrons. The van der Waals surface area contributed by atoms with Crippen molar-refractivity contribution in [2.24, 2.45) is 11.8 Å². The Bertz CT molecular complexity index is 329. The van der Waals surface area contributed by atoms with Crippen LogP contribution in [0.4, 0.5) is 5.69 Å². The van der Waals surface area contributed by atoms with Crippen molar-refractivity contribution >= 4 is 17.3 Å². The molecule has 0 bridgehead atoms. The van der Waals surface area contributed by atoms with Crippen LogP contribution in [-0.4, -0.2) is 16.7 Å². The average molecular weight is 226 g/mol. The molecular weight excluding hydrogens is 210 g/mol. The number of anilines is 1. The summed E-state index contributed by atoms with van der Waals surface area (Å²) in [4.78, 5) is 0. The van der Waals surface area contributed by atoms with E-state index in [1.807, 2.05) is 6.07 Å². The van der Waals surface area contributed by atoms with Crippen LogP contribution in [0.2, 0.25) is 5.15 Å². The molecular formula is C11H16ClN3. The molecule has 0 radical (unpaired) electrons. The monoisotopic (exact) mass is 225 g/mol. The lowest BCUT2D eigenvalue weighted by Gasteiger charge is -2.16. The first-order chi connectivity index (χ1) is 7.25. The first kappa shape index (κ1) is 10.7. The normalized spacial score (nSPS) is 25.5. The van der Waals surface area contributed by atoms with Crippen molar-refractivity contribution in [1.82, 2.24) is 10.2 Å². The third kappa shape index (κ3) is 2.81. The van der Waals surface area contributed by atoms with E-state index < -0.39 is 0 Å². The molecule has 1 saturated carbocycles. The van der Waals surface area contributed by atoms with Crippen LogP contribution >= 0.6 is 11.6 Å². The molecule has 0 spiro atoms. The molecule has 3 nitrogen and oxygen atoms in total. The Morgan fingerprint density at radius 1 is 1.53 bits per heavy atom. The van der Waals surface area contributed by atoms with E-state index in [9.17, 15) is 0 Å². The van der Waals surface area contributed by atoms with E-state index in [2.05, 4.69) is 22.4 Å². The first-order valence-corrected chi connectivity index (χ1v) is 5.85. The molecule has 2 atom stereocenters. The second kappa shape index (κ2) is 4.79. The molecule has 1 heterocycles. The summed E-state index contributed by atoms with van der Waals surface area (Å²) in [6.07, 6.45) is 5.77. The summed E-state index contributed by atoms with van der Waals surface area (Å²) in [5, 5.41) is 11.3. The third-order valence-corrected chi connectivity index (χ3v) is 3.42. The van der Waals surface area contributed by atoms with Gasteiger partial charge in [-0.2, -0.15) is 5.10 Å². The highest BCUT2D eigenvalue weighted by Crippen LogP contribution is 2.31. The van der Waals surface area contributed by atoms with Crippen molar-refractivity contribution < 1.29 is 0 Å². The first-order valence-electron chi connectivity index (χ1n) is 5.48. The van der Waals surface area contributed by atoms with Crippen LogP contribution in [-0.2, 0) is 0 Å². The predicted octanol–water partition coefficient (Wildman–Crippen LogP) is 2.98. The maximum atomic E-state index is 5.76. The van der Waals surface area contributed by atoms with Gasteiger partial charge in [-0.25, -0.2) is 0 Å². The molecule has 4 heteroatoms. The summed E-state index contributed by atoms with van der Waals surface area (Å²) in [5.74, 6) is 1.62. The summed E-state index contributed by atoms with van der Waals surface area (Å²) in [6, 6.07) is 1.81. The Morgan fingerprint density at radius 3 is 3.07 bits per heavy atom. The van der Waals surface area contributed by atoms with Gasteiger partial charge in [-0.3, -0.25) is 0 Å². The zero-order valence-electron chi connectivity index (χ0n) is 8.91. The minimum absolute atomic E-state index is 0.444. The maximum Gasteiger partial charge on any atom is 0.153 e. The average Bonchev–Trinajstić information content (AvgIpc) is 2.61. The van der Waals surface area contributed by atoms with Gasteiger partial charge in [0.15, 0.2) is 5.15 Å². The zero-order valence-corrected chi connectivity index (χ0v) is 9.67. The number of hydrogen-bond acceptors (Lipinski definition) is 3. The van der Waals surface area contributed by atoms with E-state index in [0.717, 1.165) is 24.1 Å². The molecule has 1 aromatic heterocycles. The summed E-state index contributed by atoms with van der Waals surface area (Å²) in [5.41, 5.74) is 0.967. The topological polar surface area (TPSA) is 37.8 Å². The molecule has 2 rings (SSSR count). The molecule has 0 aliphatic heterocycles. The van der Waals surface area contributed by atoms with E-state index in [0.29, 0.717) is 5.15 Å². The molecule has 1 aromatic rings. The number of nitrogens with zero attached hydrogens (tertiary/aromatic N) is 2. The van der Waals surface area contributed by atoms with Crippen LogP contribution in [0.5, 0.6) is 0 Å². The molecule has 15 heavy (non-hydrogen) atoms. The number of rotatable bonds is 3. The lowest BCUT2D eigenvalue weighted by atomic mass is 9.98. The van der Waals surface area contributed by atoms with Gasteiger partial charge in [0.25, 0.3) is 0 Å². The number of halogens is 1. The molecule has 2 unspecified atom stereocenters. The van der Waals surface area contributed by atoms with Gasteiger partial charge in [-0.1, -0.05) is 31.4 Å². The SMILES string of the molecule is CC1CCCC1CNc1cnnc(Cl)c1. The van der Waals surface area contributed by atoms with Crippen LogP contribution in [0.3, 0.4) is 0 Å². The van der Waals surface area contributed by atoms with Crippen molar-refractivity contribution in [3.63, 3.8) is 0 Å². The molecule has 1 aliphatic rings. The van der Waals surface area contributed by atoms with Crippen LogP contribution in [0.1, 0.15) is 26.2 Å². The lowest BCUT2D eigenvalue weighted by molar-refractivity contribution is 0.439. The maximum absolute atomic E-state index is 5.76. The standard InChI is InChI=1S/C11H16ClN3/c1-8-3-2-4-9(8)6-13-10-5-11(12)15-14-7-10/h5,7-9H,2-4,6H2,1H3,(H,13,15). The molecule has 0 aromatic carbocycles. The molecule has 1 N–H and O–H groups in total. The zero-order chi connectivity index (χ0) is 10.7. The van der Waals surface area contributed by atoms with Crippen LogP contribution in [0.25, 0.3) is 0 Å². The highest BCUT2D eigenvalue weighted by atomic mass is 35.5. The number of hydrogen-bond donors (Lipinski definition) is 1. The number of aromatic nitrogens is 2. The van der Waals surface area contributed by atoms with Crippen molar-refractivity contribution in [1.29, 1.82) is 0 Å². The largest absolute Gasteiger partial charge is 0.383 e. The smallest absolute Gasteiger partial charge is 0.153 e. The van der Waals surface area contributed by atoms with E-state index in [4.69, 9.17) is 11.6 Å². The number of nitrogens with one attached hydrogen (secondary N) is 1. The molecule has 1 aliphatic carbocycles. The van der Waals surface area contributed by atoms with Crippen LogP contribution in [0, 0.1) is 11.8 Å². The highest BCUT2D eigenvalue weighted by molar-refractivity contribution is 6.29. The second-order valence-corrected chi connectivity index (χ2v) is 4.70. The van der Waals surface area contributed by atoms with Gasteiger partial charge in [-0.05, 0) is 18.3 Å². The van der Waals surface area contributed by atoms with Crippen molar-refractivity contribution in [2.75, 3.05) is 11.9 Å². The third-order valence-electron chi connectivity index (χ3n) is 3.23. The van der Waals surface area contributed by atoms with Gasteiger partial charge in [-0.15, -0.1) is 5.10 Å². The lowest BCUT2D eigenvalue weighted by Crippen LogP contribution is -2.16. The summed E-state index contributed by atoms with van der Waals surface area (Å²) in [7, 11) is 0. The van der Waals surface area contributed by atoms with E-state index in [1.54, 1.807) is 6.20 Å². The molecule has 0 amide bonds. The van der Waals surface area contributed by atoms with E-state index in [-0.39, 0.29) is 0 Å². The van der Waals surface area contributed by atoms with Crippen LogP contribution in [0.15, 0.2) is 12.3 Å². The van der Waals surface area contributed by atoms with E-state index >= 15 is 0 Å². The van der Waals surface area contributed by atoms with Gasteiger partial charge in [0.2, 0.25) is 0 Å². The van der Waals surface area contributed by atoms with Crippen molar-refractivity contribution in [3.05, 3.63) is 17.4 Å². The second-order valence-electron chi connectivity index (χ2n) is 4.32. The Kier molecular flexibility index (Phi) is 3.41. The Labute approximate surface area is 95.2 Å². The fourth-order valence-corrected chi connectivity index (χ4v) is 2.37. The predicted molar refractivity (Wildman–Crippen MR) is 62.0 cm³/mol. The minimum Gasteiger partial charge on any atom is -0.383 e. The van der Waals surface area contributed by atoms with Gasteiger partial charge >= 0.3 is 0 Å². The summed E-state index contributed by atoms with van der Waals surface area (Å²) < 4.78 is 0. The fourth-order valence-electron chi connectivity index (χ4n) is 2.21. The summed E-state index contributed by atoms with van der Waals surface area (Å²) in [6.45, 7) is 3.35. The fraction of sp³-hybridized carbons (Fsp3) is 0.636. The summed E-state index contributed by atoms with van der Waals surface area (Å²) >= 11 is 5.76. The minimum atomic E-state index is 0.444. The molecule has 1 fully saturated rings. The van der Waals surface area contributed by atoms with E-state index in [1.165, 1.54) is 19.3 Å². The Morgan fingerprint density at radius 2 is 2.40 bits per heavy atom. The van der Waals surface area contributed by atoms with Gasteiger partial charge in [0.05, 0.1) is 11.9 Å². The van der Waals surface area contributed by atoms with Gasteiger partial charge in [0, 0.05) is 12.6 Å². The highest BCUT2D eigenvalue weighted by Gasteiger charge is 2.22. The van der Waals surface area contributed by atoms with Gasteiger partial charge < -0.3 is 5.32 Å². The molecule has 0 saturated heterocycles. The van der Waals surface area contributed by atoms with Crippen LogP contribution < -0.4 is 5.32 Å². The Balaban J connectivity index is 1.87.